The minimum absolute atomic E-state index is 0.00262. The number of esters is 1. The van der Waals surface area contributed by atoms with Gasteiger partial charge in [-0.25, -0.2) is 0 Å². The van der Waals surface area contributed by atoms with E-state index in [9.17, 15) is 9.59 Å². The van der Waals surface area contributed by atoms with Gasteiger partial charge in [-0.15, -0.1) is 11.8 Å². The molecule has 1 aromatic heterocycles. The van der Waals surface area contributed by atoms with Crippen LogP contribution in [-0.2, 0) is 16.1 Å². The van der Waals surface area contributed by atoms with Crippen molar-refractivity contribution in [3.8, 4) is 0 Å². The number of ketones is 1. The van der Waals surface area contributed by atoms with Crippen LogP contribution in [0.5, 0.6) is 0 Å². The minimum atomic E-state index is -0.263. The molecule has 0 bridgehead atoms. The van der Waals surface area contributed by atoms with Crippen molar-refractivity contribution in [3.05, 3.63) is 53.3 Å². The van der Waals surface area contributed by atoms with Gasteiger partial charge in [0.25, 0.3) is 0 Å². The third-order valence-electron chi connectivity index (χ3n) is 4.43. The molecule has 0 saturated heterocycles. The summed E-state index contributed by atoms with van der Waals surface area (Å²) in [5.41, 5.74) is 2.19. The maximum absolute atomic E-state index is 12.8. The van der Waals surface area contributed by atoms with Crippen LogP contribution in [0.1, 0.15) is 47.9 Å². The summed E-state index contributed by atoms with van der Waals surface area (Å²) in [6.07, 6.45) is 0.688. The molecule has 1 aliphatic rings. The number of rotatable bonds is 6. The molecule has 2 heterocycles. The Morgan fingerprint density at radius 3 is 2.56 bits per heavy atom. The number of benzene rings is 1. The smallest absolute Gasteiger partial charge is 0.314 e. The summed E-state index contributed by atoms with van der Waals surface area (Å²) < 4.78 is 6.81. The number of hydrogen-bond acceptors (Lipinski definition) is 4. The van der Waals surface area contributed by atoms with Crippen molar-refractivity contribution < 1.29 is 14.3 Å². The molecule has 3 rings (SSSR count). The van der Waals surface area contributed by atoms with Gasteiger partial charge in [0.2, 0.25) is 5.78 Å². The zero-order chi connectivity index (χ0) is 18.0. The highest BCUT2D eigenvalue weighted by Crippen LogP contribution is 2.32. The lowest BCUT2D eigenvalue weighted by Gasteiger charge is -2.08. The summed E-state index contributed by atoms with van der Waals surface area (Å²) in [4.78, 5) is 25.9. The predicted octanol–water partition coefficient (Wildman–Crippen LogP) is 4.13. The third kappa shape index (κ3) is 3.66. The Morgan fingerprint density at radius 1 is 1.20 bits per heavy atom. The Kier molecular flexibility index (Phi) is 5.33. The first-order valence-electron chi connectivity index (χ1n) is 8.56. The number of methoxy groups -OCH3 is 1. The summed E-state index contributed by atoms with van der Waals surface area (Å²) in [5, 5.41) is 0. The van der Waals surface area contributed by atoms with Gasteiger partial charge in [-0.05, 0) is 48.7 Å². The first-order chi connectivity index (χ1) is 12.0. The predicted molar refractivity (Wildman–Crippen MR) is 99.2 cm³/mol. The first kappa shape index (κ1) is 17.8. The van der Waals surface area contributed by atoms with E-state index in [2.05, 4.69) is 13.8 Å². The van der Waals surface area contributed by atoms with Crippen LogP contribution in [0.4, 0.5) is 0 Å². The molecule has 132 valence electrons. The zero-order valence-corrected chi connectivity index (χ0v) is 15.6. The highest BCUT2D eigenvalue weighted by Gasteiger charge is 2.32. The average Bonchev–Trinajstić information content (AvgIpc) is 3.21. The van der Waals surface area contributed by atoms with E-state index in [1.54, 1.807) is 11.8 Å². The van der Waals surface area contributed by atoms with Crippen LogP contribution in [-0.4, -0.2) is 29.2 Å². The van der Waals surface area contributed by atoms with Crippen molar-refractivity contribution in [2.75, 3.05) is 12.9 Å². The number of hydrogen-bond donors (Lipinski definition) is 0. The van der Waals surface area contributed by atoms with Crippen LogP contribution in [0, 0.1) is 5.92 Å². The van der Waals surface area contributed by atoms with Gasteiger partial charge in [0, 0.05) is 28.5 Å². The lowest BCUT2D eigenvalue weighted by atomic mass is 10.1. The largest absolute Gasteiger partial charge is 0.469 e. The van der Waals surface area contributed by atoms with Crippen LogP contribution in [0.2, 0.25) is 0 Å². The molecule has 0 saturated carbocycles. The minimum Gasteiger partial charge on any atom is -0.469 e. The van der Waals surface area contributed by atoms with Gasteiger partial charge in [0.05, 0.1) is 18.7 Å². The fourth-order valence-electron chi connectivity index (χ4n) is 3.14. The Bertz CT molecular complexity index is 777. The molecule has 0 N–H and O–H groups in total. The van der Waals surface area contributed by atoms with Gasteiger partial charge in [0.15, 0.2) is 0 Å². The molecule has 0 aliphatic carbocycles. The lowest BCUT2D eigenvalue weighted by Crippen LogP contribution is -2.11. The second-order valence-corrected chi connectivity index (χ2v) is 7.81. The molecule has 0 spiro atoms. The van der Waals surface area contributed by atoms with Crippen molar-refractivity contribution >= 4 is 23.5 Å². The van der Waals surface area contributed by atoms with Crippen molar-refractivity contribution in [1.82, 2.24) is 4.57 Å². The standard InChI is InChI=1S/C20H23NO3S/c1-13(2)12-25-15-6-4-14(5-7-15)19(22)18-9-8-17-16(20(23)24-3)10-11-21(17)18/h4-9,13,16H,10-12H2,1-3H3. The Labute approximate surface area is 152 Å². The number of nitrogens with zero attached hydrogens (tertiary/aromatic N) is 1. The van der Waals surface area contributed by atoms with Gasteiger partial charge in [0.1, 0.15) is 0 Å². The maximum Gasteiger partial charge on any atom is 0.314 e. The van der Waals surface area contributed by atoms with Crippen molar-refractivity contribution in [2.45, 2.75) is 37.6 Å². The molecular weight excluding hydrogens is 334 g/mol. The fraction of sp³-hybridized carbons (Fsp3) is 0.400. The number of ether oxygens (including phenoxy) is 1. The van der Waals surface area contributed by atoms with E-state index in [4.69, 9.17) is 4.74 Å². The highest BCUT2D eigenvalue weighted by atomic mass is 32.2. The molecule has 0 amide bonds. The van der Waals surface area contributed by atoms with Crippen LogP contribution in [0.15, 0.2) is 41.3 Å². The van der Waals surface area contributed by atoms with Gasteiger partial charge in [-0.1, -0.05) is 13.8 Å². The molecule has 4 nitrogen and oxygen atoms in total. The highest BCUT2D eigenvalue weighted by molar-refractivity contribution is 7.99. The summed E-state index contributed by atoms with van der Waals surface area (Å²) >= 11 is 1.80. The summed E-state index contributed by atoms with van der Waals surface area (Å²) in [6, 6.07) is 11.5. The molecule has 2 aromatic rings. The van der Waals surface area contributed by atoms with Crippen LogP contribution < -0.4 is 0 Å². The number of carbonyl (C=O) groups excluding carboxylic acids is 2. The number of thioether (sulfide) groups is 1. The van der Waals surface area contributed by atoms with E-state index in [1.807, 2.05) is 41.0 Å². The van der Waals surface area contributed by atoms with E-state index in [0.29, 0.717) is 30.1 Å². The number of carbonyl (C=O) groups is 2. The zero-order valence-electron chi connectivity index (χ0n) is 14.8. The fourth-order valence-corrected chi connectivity index (χ4v) is 3.99. The summed E-state index contributed by atoms with van der Waals surface area (Å²) in [6.45, 7) is 5.06. The van der Waals surface area contributed by atoms with Crippen LogP contribution in [0.3, 0.4) is 0 Å². The third-order valence-corrected chi connectivity index (χ3v) is 5.87. The Hall–Kier alpha value is -2.01. The van der Waals surface area contributed by atoms with Crippen molar-refractivity contribution in [1.29, 1.82) is 0 Å². The topological polar surface area (TPSA) is 48.3 Å². The van der Waals surface area contributed by atoms with E-state index in [0.717, 1.165) is 11.4 Å². The summed E-state index contributed by atoms with van der Waals surface area (Å²) in [5.74, 6) is 1.20. The first-order valence-corrected chi connectivity index (χ1v) is 9.54. The van der Waals surface area contributed by atoms with E-state index in [1.165, 1.54) is 12.0 Å². The van der Waals surface area contributed by atoms with E-state index < -0.39 is 0 Å². The normalized spacial score (nSPS) is 16.1. The average molecular weight is 357 g/mol. The molecule has 1 unspecified atom stereocenters. The molecule has 1 aliphatic heterocycles. The molecule has 1 aromatic carbocycles. The van der Waals surface area contributed by atoms with Crippen molar-refractivity contribution in [3.63, 3.8) is 0 Å². The second-order valence-electron chi connectivity index (χ2n) is 6.72. The molecule has 5 heteroatoms. The van der Waals surface area contributed by atoms with Crippen molar-refractivity contribution in [2.24, 2.45) is 5.92 Å². The van der Waals surface area contributed by atoms with Crippen LogP contribution >= 0.6 is 11.8 Å². The monoisotopic (exact) mass is 357 g/mol. The SMILES string of the molecule is COC(=O)C1CCn2c(C(=O)c3ccc(SCC(C)C)cc3)ccc21. The molecule has 0 fully saturated rings. The Balaban J connectivity index is 1.77. The summed E-state index contributed by atoms with van der Waals surface area (Å²) in [7, 11) is 1.40. The lowest BCUT2D eigenvalue weighted by molar-refractivity contribution is -0.142. The second kappa shape index (κ2) is 7.48. The number of fused-ring (bicyclic) bond motifs is 1. The quantitative estimate of drug-likeness (QED) is 0.443. The molecule has 1 atom stereocenters. The van der Waals surface area contributed by atoms with E-state index in [-0.39, 0.29) is 17.7 Å². The van der Waals surface area contributed by atoms with Crippen LogP contribution in [0.25, 0.3) is 0 Å². The Morgan fingerprint density at radius 2 is 1.92 bits per heavy atom. The molecule has 25 heavy (non-hydrogen) atoms. The van der Waals surface area contributed by atoms with E-state index >= 15 is 0 Å². The molecule has 0 radical (unpaired) electrons. The van der Waals surface area contributed by atoms with Gasteiger partial charge < -0.3 is 9.30 Å². The molecular formula is C20H23NO3S. The maximum atomic E-state index is 12.8. The number of aromatic nitrogens is 1. The van der Waals surface area contributed by atoms with Gasteiger partial charge >= 0.3 is 5.97 Å². The van der Waals surface area contributed by atoms with Gasteiger partial charge in [-0.3, -0.25) is 9.59 Å². The van der Waals surface area contributed by atoms with Gasteiger partial charge in [-0.2, -0.15) is 0 Å².